The Hall–Kier alpha value is -3.59. The molecule has 0 bridgehead atoms. The van der Waals surface area contributed by atoms with Crippen LogP contribution in [-0.2, 0) is 16.1 Å². The van der Waals surface area contributed by atoms with Gasteiger partial charge in [0, 0.05) is 43.3 Å². The van der Waals surface area contributed by atoms with Gasteiger partial charge in [-0.3, -0.25) is 24.3 Å². The van der Waals surface area contributed by atoms with E-state index in [0.717, 1.165) is 10.4 Å². The second-order valence-electron chi connectivity index (χ2n) is 7.82. The van der Waals surface area contributed by atoms with Crippen molar-refractivity contribution in [3.8, 4) is 0 Å². The van der Waals surface area contributed by atoms with Gasteiger partial charge in [-0.2, -0.15) is 0 Å². The minimum absolute atomic E-state index is 0.0112. The Labute approximate surface area is 194 Å². The number of aryl methyl sites for hydroxylation is 1. The third kappa shape index (κ3) is 5.25. The zero-order valence-corrected chi connectivity index (χ0v) is 18.7. The number of carbonyl (C=O) groups excluding carboxylic acids is 2. The number of anilines is 1. The first-order valence-corrected chi connectivity index (χ1v) is 11.1. The highest BCUT2D eigenvalue weighted by molar-refractivity contribution is 6.30. The molecule has 2 heterocycles. The lowest BCUT2D eigenvalue weighted by Gasteiger charge is -2.36. The third-order valence-electron chi connectivity index (χ3n) is 5.69. The monoisotopic (exact) mass is 469 g/mol. The van der Waals surface area contributed by atoms with Crippen LogP contribution in [0, 0.1) is 0 Å². The van der Waals surface area contributed by atoms with Crippen LogP contribution in [0.4, 0.5) is 5.69 Å². The highest BCUT2D eigenvalue weighted by atomic mass is 35.5. The lowest BCUT2D eigenvalue weighted by Crippen LogP contribution is -2.51. The first kappa shape index (κ1) is 22.6. The van der Waals surface area contributed by atoms with Gasteiger partial charge in [-0.05, 0) is 30.3 Å². The van der Waals surface area contributed by atoms with E-state index in [0.29, 0.717) is 42.0 Å². The number of fused-ring (bicyclic) bond motifs is 1. The van der Waals surface area contributed by atoms with Gasteiger partial charge >= 0.3 is 0 Å². The van der Waals surface area contributed by atoms with Gasteiger partial charge in [0.1, 0.15) is 0 Å². The highest BCUT2D eigenvalue weighted by Gasteiger charge is 2.21. The van der Waals surface area contributed by atoms with Crippen molar-refractivity contribution >= 4 is 39.9 Å². The van der Waals surface area contributed by atoms with Crippen molar-refractivity contribution in [1.29, 1.82) is 0 Å². The molecule has 4 rings (SSSR count). The molecule has 33 heavy (non-hydrogen) atoms. The molecule has 2 N–H and O–H groups in total. The molecule has 1 fully saturated rings. The maximum absolute atomic E-state index is 12.5. The summed E-state index contributed by atoms with van der Waals surface area (Å²) in [6, 6.07) is 14.1. The van der Waals surface area contributed by atoms with Crippen LogP contribution in [0.25, 0.3) is 10.8 Å². The minimum atomic E-state index is -0.391. The highest BCUT2D eigenvalue weighted by Crippen LogP contribution is 2.20. The van der Waals surface area contributed by atoms with Crippen LogP contribution in [0.3, 0.4) is 0 Å². The number of halogens is 1. The number of nitrogens with one attached hydrogen (secondary N) is 2. The fourth-order valence-corrected chi connectivity index (χ4v) is 4.06. The number of amides is 2. The number of aromatic nitrogens is 2. The molecule has 0 aliphatic carbocycles. The molecule has 1 aromatic heterocycles. The summed E-state index contributed by atoms with van der Waals surface area (Å²) in [6.07, 6.45) is -0.0377. The van der Waals surface area contributed by atoms with E-state index in [1.807, 2.05) is 24.3 Å². The fraction of sp³-hybridized carbons (Fsp3) is 0.304. The van der Waals surface area contributed by atoms with Gasteiger partial charge in [0.15, 0.2) is 0 Å². The molecule has 10 heteroatoms. The molecule has 3 aromatic rings. The number of nitrogens with zero attached hydrogens (tertiary/aromatic N) is 3. The molecule has 2 aromatic carbocycles. The Morgan fingerprint density at radius 2 is 1.70 bits per heavy atom. The summed E-state index contributed by atoms with van der Waals surface area (Å²) in [5.41, 5.74) is 0.259. The van der Waals surface area contributed by atoms with Crippen LogP contribution in [0.2, 0.25) is 5.02 Å². The second kappa shape index (κ2) is 9.91. The SMILES string of the molecule is O=C(CCn1[nH]c(=O)c2ccccc2c1=O)NCC(=O)N1CCN(c2cccc(Cl)c2)CC1. The van der Waals surface area contributed by atoms with Crippen LogP contribution >= 0.6 is 11.6 Å². The topological polar surface area (TPSA) is 108 Å². The van der Waals surface area contributed by atoms with Crippen LogP contribution in [0.15, 0.2) is 58.1 Å². The van der Waals surface area contributed by atoms with Gasteiger partial charge in [0.05, 0.1) is 23.9 Å². The average Bonchev–Trinajstić information content (AvgIpc) is 2.84. The molecule has 1 aliphatic rings. The largest absolute Gasteiger partial charge is 0.368 e. The summed E-state index contributed by atoms with van der Waals surface area (Å²) in [4.78, 5) is 53.2. The number of benzene rings is 2. The molecule has 172 valence electrons. The van der Waals surface area contributed by atoms with Crippen LogP contribution in [0.1, 0.15) is 6.42 Å². The van der Waals surface area contributed by atoms with Crippen molar-refractivity contribution < 1.29 is 9.59 Å². The summed E-state index contributed by atoms with van der Waals surface area (Å²) >= 11 is 6.05. The van der Waals surface area contributed by atoms with E-state index in [1.165, 1.54) is 0 Å². The molecule has 0 spiro atoms. The number of H-pyrrole nitrogens is 1. The Kier molecular flexibility index (Phi) is 6.79. The Morgan fingerprint density at radius 1 is 0.970 bits per heavy atom. The molecular weight excluding hydrogens is 446 g/mol. The first-order chi connectivity index (χ1) is 15.9. The smallest absolute Gasteiger partial charge is 0.273 e. The van der Waals surface area contributed by atoms with Gasteiger partial charge in [-0.15, -0.1) is 0 Å². The van der Waals surface area contributed by atoms with Crippen molar-refractivity contribution in [1.82, 2.24) is 20.0 Å². The first-order valence-electron chi connectivity index (χ1n) is 10.7. The lowest BCUT2D eigenvalue weighted by atomic mass is 10.2. The van der Waals surface area contributed by atoms with E-state index in [9.17, 15) is 19.2 Å². The maximum Gasteiger partial charge on any atom is 0.273 e. The standard InChI is InChI=1S/C23H24ClN5O4/c24-16-4-3-5-17(14-16)27-10-12-28(13-11-27)21(31)15-25-20(30)8-9-29-23(33)19-7-2-1-6-18(19)22(32)26-29/h1-7,14H,8-13,15H2,(H,25,30)(H,26,32). The minimum Gasteiger partial charge on any atom is -0.368 e. The van der Waals surface area contributed by atoms with Crippen LogP contribution in [0.5, 0.6) is 0 Å². The summed E-state index contributed by atoms with van der Waals surface area (Å²) in [6.45, 7) is 2.36. The van der Waals surface area contributed by atoms with E-state index in [-0.39, 0.29) is 36.9 Å². The molecular formula is C23H24ClN5O4. The number of rotatable bonds is 6. The molecule has 0 unspecified atom stereocenters. The van der Waals surface area contributed by atoms with E-state index in [4.69, 9.17) is 11.6 Å². The normalized spacial score (nSPS) is 13.8. The number of hydrogen-bond acceptors (Lipinski definition) is 5. The fourth-order valence-electron chi connectivity index (χ4n) is 3.88. The molecule has 0 radical (unpaired) electrons. The Balaban J connectivity index is 1.25. The van der Waals surface area contributed by atoms with E-state index >= 15 is 0 Å². The zero-order valence-electron chi connectivity index (χ0n) is 17.9. The summed E-state index contributed by atoms with van der Waals surface area (Å²) < 4.78 is 1.13. The number of carbonyl (C=O) groups is 2. The average molecular weight is 470 g/mol. The zero-order chi connectivity index (χ0) is 23.4. The van der Waals surface area contributed by atoms with Gasteiger partial charge in [0.25, 0.3) is 11.1 Å². The Bertz CT molecular complexity index is 1290. The van der Waals surface area contributed by atoms with Crippen LogP contribution in [-0.4, -0.2) is 59.2 Å². The number of hydrogen-bond donors (Lipinski definition) is 2. The summed E-state index contributed by atoms with van der Waals surface area (Å²) in [5, 5.41) is 6.37. The molecule has 9 nitrogen and oxygen atoms in total. The summed E-state index contributed by atoms with van der Waals surface area (Å²) in [5.74, 6) is -0.535. The van der Waals surface area contributed by atoms with Crippen LogP contribution < -0.4 is 21.3 Å². The van der Waals surface area contributed by atoms with Gasteiger partial charge < -0.3 is 15.1 Å². The summed E-state index contributed by atoms with van der Waals surface area (Å²) in [7, 11) is 0. The maximum atomic E-state index is 12.5. The van der Waals surface area contributed by atoms with E-state index in [2.05, 4.69) is 15.3 Å². The van der Waals surface area contributed by atoms with E-state index < -0.39 is 5.56 Å². The lowest BCUT2D eigenvalue weighted by molar-refractivity contribution is -0.133. The number of piperazine rings is 1. The number of aromatic amines is 1. The molecule has 0 atom stereocenters. The van der Waals surface area contributed by atoms with Crippen molar-refractivity contribution in [2.45, 2.75) is 13.0 Å². The predicted molar refractivity (Wildman–Crippen MR) is 127 cm³/mol. The third-order valence-corrected chi connectivity index (χ3v) is 5.92. The quantitative estimate of drug-likeness (QED) is 0.564. The second-order valence-corrected chi connectivity index (χ2v) is 8.25. The van der Waals surface area contributed by atoms with Crippen molar-refractivity contribution in [2.24, 2.45) is 0 Å². The predicted octanol–water partition coefficient (Wildman–Crippen LogP) is 1.20. The molecule has 1 saturated heterocycles. The van der Waals surface area contributed by atoms with E-state index in [1.54, 1.807) is 29.2 Å². The van der Waals surface area contributed by atoms with Crippen molar-refractivity contribution in [3.05, 3.63) is 74.3 Å². The molecule has 1 aliphatic heterocycles. The Morgan fingerprint density at radius 3 is 2.42 bits per heavy atom. The van der Waals surface area contributed by atoms with Gasteiger partial charge in [-0.1, -0.05) is 29.8 Å². The molecule has 0 saturated carbocycles. The molecule has 2 amide bonds. The van der Waals surface area contributed by atoms with Crippen molar-refractivity contribution in [2.75, 3.05) is 37.6 Å². The van der Waals surface area contributed by atoms with Gasteiger partial charge in [0.2, 0.25) is 11.8 Å². The van der Waals surface area contributed by atoms with Gasteiger partial charge in [-0.25, -0.2) is 4.68 Å². The van der Waals surface area contributed by atoms with Crippen molar-refractivity contribution in [3.63, 3.8) is 0 Å².